The summed E-state index contributed by atoms with van der Waals surface area (Å²) in [4.78, 5) is 0. The summed E-state index contributed by atoms with van der Waals surface area (Å²) < 4.78 is 0. The molecule has 0 aliphatic heterocycles. The van der Waals surface area contributed by atoms with Crippen molar-refractivity contribution in [3.05, 3.63) is 186 Å². The molecule has 206 valence electrons. The van der Waals surface area contributed by atoms with Crippen molar-refractivity contribution in [2.45, 2.75) is 5.41 Å². The fourth-order valence-electron chi connectivity index (χ4n) is 7.79. The average Bonchev–Trinajstić information content (AvgIpc) is 3.56. The summed E-state index contributed by atoms with van der Waals surface area (Å²) in [5.41, 5.74) is 16.4. The van der Waals surface area contributed by atoms with Crippen molar-refractivity contribution in [3.8, 4) is 61.4 Å². The molecule has 7 aromatic carbocycles. The molecule has 0 aromatic heterocycles. The molecule has 1 N–H and O–H groups in total. The molecule has 2 aliphatic rings. The van der Waals surface area contributed by atoms with Crippen molar-refractivity contribution in [2.24, 2.45) is 0 Å². The highest BCUT2D eigenvalue weighted by molar-refractivity contribution is 5.96. The second-order valence-corrected chi connectivity index (χ2v) is 11.8. The van der Waals surface area contributed by atoms with Crippen molar-refractivity contribution in [3.63, 3.8) is 0 Å². The third-order valence-corrected chi connectivity index (χ3v) is 9.63. The maximum atomic E-state index is 11.2. The first-order chi connectivity index (χ1) is 21.7. The monoisotopic (exact) mass is 560 g/mol. The van der Waals surface area contributed by atoms with Gasteiger partial charge < -0.3 is 5.11 Å². The minimum absolute atomic E-state index is 0.279. The number of hydrogen-bond acceptors (Lipinski definition) is 1. The fourth-order valence-corrected chi connectivity index (χ4v) is 7.79. The van der Waals surface area contributed by atoms with Crippen molar-refractivity contribution in [1.82, 2.24) is 0 Å². The molecule has 0 heterocycles. The van der Waals surface area contributed by atoms with Gasteiger partial charge in [-0.1, -0.05) is 146 Å². The Morgan fingerprint density at radius 1 is 0.295 bits per heavy atom. The molecule has 0 bridgehead atoms. The van der Waals surface area contributed by atoms with Crippen LogP contribution in [-0.2, 0) is 5.41 Å². The fraction of sp³-hybridized carbons (Fsp3) is 0.0233. The van der Waals surface area contributed by atoms with E-state index in [1.165, 1.54) is 44.5 Å². The summed E-state index contributed by atoms with van der Waals surface area (Å²) in [5.74, 6) is 0.279. The molecule has 0 radical (unpaired) electrons. The Hall–Kier alpha value is -5.66. The van der Waals surface area contributed by atoms with Crippen LogP contribution in [0.1, 0.15) is 22.3 Å². The molecule has 2 aliphatic carbocycles. The van der Waals surface area contributed by atoms with E-state index in [9.17, 15) is 5.11 Å². The van der Waals surface area contributed by atoms with E-state index in [2.05, 4.69) is 140 Å². The van der Waals surface area contributed by atoms with Gasteiger partial charge in [0.05, 0.1) is 5.41 Å². The molecule has 0 saturated heterocycles. The van der Waals surface area contributed by atoms with E-state index in [4.69, 9.17) is 0 Å². The van der Waals surface area contributed by atoms with Gasteiger partial charge in [0.1, 0.15) is 5.75 Å². The van der Waals surface area contributed by atoms with E-state index < -0.39 is 0 Å². The minimum atomic E-state index is -0.380. The summed E-state index contributed by atoms with van der Waals surface area (Å²) in [7, 11) is 0. The molecule has 0 saturated carbocycles. The number of phenolic OH excluding ortho intramolecular Hbond substituents is 1. The summed E-state index contributed by atoms with van der Waals surface area (Å²) >= 11 is 0. The third kappa shape index (κ3) is 3.35. The van der Waals surface area contributed by atoms with Gasteiger partial charge in [0.25, 0.3) is 0 Å². The largest absolute Gasteiger partial charge is 0.507 e. The number of benzene rings is 7. The quantitative estimate of drug-likeness (QED) is 0.228. The van der Waals surface area contributed by atoms with Gasteiger partial charge in [-0.15, -0.1) is 0 Å². The van der Waals surface area contributed by atoms with Crippen LogP contribution in [0.5, 0.6) is 5.75 Å². The first-order valence-electron chi connectivity index (χ1n) is 15.2. The highest BCUT2D eigenvalue weighted by atomic mass is 16.3. The van der Waals surface area contributed by atoms with Crippen LogP contribution < -0.4 is 0 Å². The molecule has 0 atom stereocenters. The first kappa shape index (κ1) is 24.9. The highest BCUT2D eigenvalue weighted by Gasteiger charge is 2.51. The normalized spacial score (nSPS) is 13.3. The van der Waals surface area contributed by atoms with Crippen LogP contribution in [0, 0.1) is 0 Å². The van der Waals surface area contributed by atoms with Gasteiger partial charge in [-0.3, -0.25) is 0 Å². The molecule has 44 heavy (non-hydrogen) atoms. The Morgan fingerprint density at radius 2 is 0.750 bits per heavy atom. The predicted octanol–water partition coefficient (Wildman–Crippen LogP) is 10.7. The standard InChI is InChI=1S/C43H28O/c44-42-25-23-29(26-37(42)32-15-5-4-14-31(32)28-12-2-1-3-13-28)30-22-24-36-35-18-8-11-21-40(35)43(41(36)27-30)38-19-9-6-16-33(38)34-17-7-10-20-39(34)43/h1-27,44H. The Labute approximate surface area is 257 Å². The molecule has 0 unspecified atom stereocenters. The van der Waals surface area contributed by atoms with E-state index >= 15 is 0 Å². The van der Waals surface area contributed by atoms with Gasteiger partial charge in [0, 0.05) is 5.56 Å². The second kappa shape index (κ2) is 9.42. The smallest absolute Gasteiger partial charge is 0.123 e. The molecule has 1 heteroatoms. The molecular weight excluding hydrogens is 532 g/mol. The van der Waals surface area contributed by atoms with Crippen LogP contribution in [-0.4, -0.2) is 5.11 Å². The van der Waals surface area contributed by atoms with Crippen LogP contribution in [0.3, 0.4) is 0 Å². The Kier molecular flexibility index (Phi) is 5.33. The van der Waals surface area contributed by atoms with Crippen molar-refractivity contribution in [1.29, 1.82) is 0 Å². The lowest BCUT2D eigenvalue weighted by molar-refractivity contribution is 0.477. The zero-order valence-electron chi connectivity index (χ0n) is 24.0. The molecule has 0 fully saturated rings. The molecule has 1 spiro atoms. The Morgan fingerprint density at radius 3 is 1.36 bits per heavy atom. The van der Waals surface area contributed by atoms with Gasteiger partial charge in [0.15, 0.2) is 0 Å². The Balaban J connectivity index is 1.27. The maximum absolute atomic E-state index is 11.2. The molecule has 0 amide bonds. The number of fused-ring (bicyclic) bond motifs is 10. The summed E-state index contributed by atoms with van der Waals surface area (Å²) in [6, 6.07) is 58.4. The lowest BCUT2D eigenvalue weighted by Crippen LogP contribution is -2.25. The van der Waals surface area contributed by atoms with E-state index in [0.29, 0.717) is 0 Å². The molecule has 9 rings (SSSR count). The molecule has 1 nitrogen and oxygen atoms in total. The lowest BCUT2D eigenvalue weighted by Gasteiger charge is -2.30. The van der Waals surface area contributed by atoms with Crippen LogP contribution >= 0.6 is 0 Å². The Bertz CT molecular complexity index is 2180. The summed E-state index contributed by atoms with van der Waals surface area (Å²) in [5, 5.41) is 11.2. The van der Waals surface area contributed by atoms with Gasteiger partial charge >= 0.3 is 0 Å². The third-order valence-electron chi connectivity index (χ3n) is 9.63. The lowest BCUT2D eigenvalue weighted by atomic mass is 9.70. The average molecular weight is 561 g/mol. The topological polar surface area (TPSA) is 20.2 Å². The number of hydrogen-bond donors (Lipinski definition) is 1. The van der Waals surface area contributed by atoms with Crippen molar-refractivity contribution < 1.29 is 5.11 Å². The van der Waals surface area contributed by atoms with Crippen molar-refractivity contribution >= 4 is 0 Å². The van der Waals surface area contributed by atoms with Gasteiger partial charge in [-0.05, 0) is 90.5 Å². The van der Waals surface area contributed by atoms with E-state index in [0.717, 1.165) is 33.4 Å². The number of rotatable bonds is 3. The van der Waals surface area contributed by atoms with Crippen LogP contribution in [0.2, 0.25) is 0 Å². The van der Waals surface area contributed by atoms with E-state index in [1.54, 1.807) is 0 Å². The predicted molar refractivity (Wildman–Crippen MR) is 181 cm³/mol. The second-order valence-electron chi connectivity index (χ2n) is 11.8. The highest BCUT2D eigenvalue weighted by Crippen LogP contribution is 2.63. The zero-order valence-corrected chi connectivity index (χ0v) is 24.0. The van der Waals surface area contributed by atoms with Gasteiger partial charge in [-0.25, -0.2) is 0 Å². The van der Waals surface area contributed by atoms with E-state index in [-0.39, 0.29) is 11.2 Å². The molecule has 7 aromatic rings. The van der Waals surface area contributed by atoms with Crippen LogP contribution in [0.4, 0.5) is 0 Å². The SMILES string of the molecule is Oc1ccc(-c2ccc3c(c2)C2(c4ccccc4-c4ccccc42)c2ccccc2-3)cc1-c1ccccc1-c1ccccc1. The summed E-state index contributed by atoms with van der Waals surface area (Å²) in [6.07, 6.45) is 0. The van der Waals surface area contributed by atoms with Gasteiger partial charge in [-0.2, -0.15) is 0 Å². The number of aromatic hydroxyl groups is 1. The molecular formula is C43H28O. The first-order valence-corrected chi connectivity index (χ1v) is 15.2. The maximum Gasteiger partial charge on any atom is 0.123 e. The van der Waals surface area contributed by atoms with Crippen LogP contribution in [0.25, 0.3) is 55.6 Å². The van der Waals surface area contributed by atoms with Gasteiger partial charge in [0.2, 0.25) is 0 Å². The minimum Gasteiger partial charge on any atom is -0.507 e. The number of phenols is 1. The van der Waals surface area contributed by atoms with Crippen LogP contribution in [0.15, 0.2) is 164 Å². The van der Waals surface area contributed by atoms with E-state index in [1.807, 2.05) is 24.3 Å². The zero-order chi connectivity index (χ0) is 29.3. The van der Waals surface area contributed by atoms with Crippen molar-refractivity contribution in [2.75, 3.05) is 0 Å². The summed E-state index contributed by atoms with van der Waals surface area (Å²) in [6.45, 7) is 0.